The van der Waals surface area contributed by atoms with Gasteiger partial charge >= 0.3 is 0 Å². The number of nitrogens with zero attached hydrogens (tertiary/aromatic N) is 2. The molecule has 0 spiro atoms. The van der Waals surface area contributed by atoms with Gasteiger partial charge < -0.3 is 9.47 Å². The van der Waals surface area contributed by atoms with Crippen LogP contribution in [-0.2, 0) is 24.1 Å². The van der Waals surface area contributed by atoms with Crippen molar-refractivity contribution in [3.05, 3.63) is 28.8 Å². The van der Waals surface area contributed by atoms with Crippen molar-refractivity contribution in [1.82, 2.24) is 9.80 Å². The summed E-state index contributed by atoms with van der Waals surface area (Å²) in [7, 11) is 1.82. The van der Waals surface area contributed by atoms with Crippen molar-refractivity contribution in [3.8, 4) is 5.75 Å². The SMILES string of the molecule is COc1cc2c(cc1CN1CCCC[C@H]1CN1CCOCC1)CCC2. The van der Waals surface area contributed by atoms with E-state index < -0.39 is 0 Å². The van der Waals surface area contributed by atoms with Crippen LogP contribution in [0.1, 0.15) is 42.4 Å². The first-order valence-electron chi connectivity index (χ1n) is 10.1. The Morgan fingerprint density at radius 3 is 2.64 bits per heavy atom. The molecule has 0 N–H and O–H groups in total. The maximum Gasteiger partial charge on any atom is 0.123 e. The number of benzene rings is 1. The van der Waals surface area contributed by atoms with Crippen LogP contribution in [0.2, 0.25) is 0 Å². The quantitative estimate of drug-likeness (QED) is 0.820. The molecule has 4 heteroatoms. The summed E-state index contributed by atoms with van der Waals surface area (Å²) in [5.74, 6) is 1.09. The van der Waals surface area contributed by atoms with Crippen LogP contribution in [0.5, 0.6) is 5.75 Å². The maximum atomic E-state index is 5.74. The van der Waals surface area contributed by atoms with E-state index in [9.17, 15) is 0 Å². The highest BCUT2D eigenvalue weighted by Crippen LogP contribution is 2.32. The van der Waals surface area contributed by atoms with Gasteiger partial charge in [0.25, 0.3) is 0 Å². The Balaban J connectivity index is 1.47. The molecule has 0 amide bonds. The Morgan fingerprint density at radius 2 is 1.84 bits per heavy atom. The second-order valence-corrected chi connectivity index (χ2v) is 7.82. The molecule has 3 aliphatic rings. The van der Waals surface area contributed by atoms with Crippen LogP contribution in [0.25, 0.3) is 0 Å². The van der Waals surface area contributed by atoms with Gasteiger partial charge in [-0.3, -0.25) is 9.80 Å². The molecule has 0 bridgehead atoms. The van der Waals surface area contributed by atoms with E-state index in [0.717, 1.165) is 38.6 Å². The minimum atomic E-state index is 0.671. The second-order valence-electron chi connectivity index (χ2n) is 7.82. The Kier molecular flexibility index (Phi) is 5.59. The summed E-state index contributed by atoms with van der Waals surface area (Å²) in [5.41, 5.74) is 4.44. The van der Waals surface area contributed by atoms with E-state index in [4.69, 9.17) is 9.47 Å². The van der Waals surface area contributed by atoms with E-state index in [1.165, 1.54) is 62.7 Å². The number of ether oxygens (including phenoxy) is 2. The van der Waals surface area contributed by atoms with Gasteiger partial charge in [0.05, 0.1) is 20.3 Å². The molecule has 1 aliphatic carbocycles. The first-order valence-corrected chi connectivity index (χ1v) is 10.1. The number of hydrogen-bond donors (Lipinski definition) is 0. The maximum absolute atomic E-state index is 5.74. The van der Waals surface area contributed by atoms with Gasteiger partial charge in [-0.2, -0.15) is 0 Å². The molecule has 1 aromatic carbocycles. The lowest BCUT2D eigenvalue weighted by Gasteiger charge is -2.40. The Morgan fingerprint density at radius 1 is 1.04 bits per heavy atom. The summed E-state index contributed by atoms with van der Waals surface area (Å²) in [4.78, 5) is 5.30. The lowest BCUT2D eigenvalue weighted by Crippen LogP contribution is -2.49. The van der Waals surface area contributed by atoms with Crippen molar-refractivity contribution >= 4 is 0 Å². The number of methoxy groups -OCH3 is 1. The van der Waals surface area contributed by atoms with Crippen molar-refractivity contribution in [2.24, 2.45) is 0 Å². The van der Waals surface area contributed by atoms with Gasteiger partial charge in [-0.15, -0.1) is 0 Å². The largest absolute Gasteiger partial charge is 0.496 e. The Hall–Kier alpha value is -1.10. The number of likely N-dealkylation sites (tertiary alicyclic amines) is 1. The molecule has 2 aliphatic heterocycles. The predicted molar refractivity (Wildman–Crippen MR) is 100 cm³/mol. The Bertz CT molecular complexity index is 584. The zero-order valence-corrected chi connectivity index (χ0v) is 15.6. The summed E-state index contributed by atoms with van der Waals surface area (Å²) in [6, 6.07) is 5.41. The fourth-order valence-electron chi connectivity index (χ4n) is 4.74. The smallest absolute Gasteiger partial charge is 0.123 e. The zero-order chi connectivity index (χ0) is 17.1. The van der Waals surface area contributed by atoms with Crippen molar-refractivity contribution in [2.45, 2.75) is 51.1 Å². The van der Waals surface area contributed by atoms with E-state index in [1.54, 1.807) is 5.56 Å². The highest BCUT2D eigenvalue weighted by Gasteiger charge is 2.26. The molecule has 2 heterocycles. The van der Waals surface area contributed by atoms with Crippen LogP contribution >= 0.6 is 0 Å². The first-order chi connectivity index (χ1) is 12.3. The minimum Gasteiger partial charge on any atom is -0.496 e. The van der Waals surface area contributed by atoms with E-state index in [2.05, 4.69) is 21.9 Å². The summed E-state index contributed by atoms with van der Waals surface area (Å²) < 4.78 is 11.3. The summed E-state index contributed by atoms with van der Waals surface area (Å²) >= 11 is 0. The number of fused-ring (bicyclic) bond motifs is 1. The number of piperidine rings is 1. The molecule has 1 atom stereocenters. The zero-order valence-electron chi connectivity index (χ0n) is 15.6. The van der Waals surface area contributed by atoms with E-state index in [-0.39, 0.29) is 0 Å². The summed E-state index contributed by atoms with van der Waals surface area (Å²) in [5, 5.41) is 0. The van der Waals surface area contributed by atoms with Crippen LogP contribution in [0.3, 0.4) is 0 Å². The summed E-state index contributed by atoms with van der Waals surface area (Å²) in [6.07, 6.45) is 7.77. The minimum absolute atomic E-state index is 0.671. The topological polar surface area (TPSA) is 24.9 Å². The molecular weight excluding hydrogens is 312 g/mol. The standard InChI is InChI=1S/C21H32N2O2/c1-24-21-14-18-6-4-5-17(18)13-19(21)15-23-8-3-2-7-20(23)16-22-9-11-25-12-10-22/h13-14,20H,2-12,15-16H2,1H3/t20-/m0/s1. The third-order valence-electron chi connectivity index (χ3n) is 6.19. The molecule has 138 valence electrons. The predicted octanol–water partition coefficient (Wildman–Crippen LogP) is 2.87. The average Bonchev–Trinajstić information content (AvgIpc) is 3.11. The van der Waals surface area contributed by atoms with Crippen molar-refractivity contribution in [2.75, 3.05) is 46.5 Å². The van der Waals surface area contributed by atoms with Crippen molar-refractivity contribution < 1.29 is 9.47 Å². The monoisotopic (exact) mass is 344 g/mol. The molecule has 0 aromatic heterocycles. The molecule has 4 nitrogen and oxygen atoms in total. The second kappa shape index (κ2) is 8.07. The van der Waals surface area contributed by atoms with Crippen LogP contribution in [0.4, 0.5) is 0 Å². The first kappa shape index (κ1) is 17.3. The fourth-order valence-corrected chi connectivity index (χ4v) is 4.74. The van der Waals surface area contributed by atoms with Gasteiger partial charge in [0.15, 0.2) is 0 Å². The van der Waals surface area contributed by atoms with Gasteiger partial charge in [-0.05, 0) is 55.8 Å². The lowest BCUT2D eigenvalue weighted by atomic mass is 9.99. The van der Waals surface area contributed by atoms with Gasteiger partial charge in [-0.1, -0.05) is 12.5 Å². The molecule has 0 radical (unpaired) electrons. The molecule has 1 aromatic rings. The third-order valence-corrected chi connectivity index (χ3v) is 6.19. The normalized spacial score (nSPS) is 25.1. The highest BCUT2D eigenvalue weighted by molar-refractivity contribution is 5.44. The van der Waals surface area contributed by atoms with E-state index in [0.29, 0.717) is 6.04 Å². The van der Waals surface area contributed by atoms with E-state index >= 15 is 0 Å². The van der Waals surface area contributed by atoms with Crippen molar-refractivity contribution in [3.63, 3.8) is 0 Å². The molecule has 0 unspecified atom stereocenters. The number of aryl methyl sites for hydroxylation is 2. The number of morpholine rings is 1. The molecule has 25 heavy (non-hydrogen) atoms. The summed E-state index contributed by atoms with van der Waals surface area (Å²) in [6.45, 7) is 7.41. The molecule has 0 saturated carbocycles. The van der Waals surface area contributed by atoms with Crippen LogP contribution in [-0.4, -0.2) is 62.3 Å². The molecule has 2 fully saturated rings. The molecule has 4 rings (SSSR count). The number of rotatable bonds is 5. The van der Waals surface area contributed by atoms with Crippen LogP contribution < -0.4 is 4.74 Å². The lowest BCUT2D eigenvalue weighted by molar-refractivity contribution is 0.0152. The van der Waals surface area contributed by atoms with Crippen LogP contribution in [0.15, 0.2) is 12.1 Å². The van der Waals surface area contributed by atoms with E-state index in [1.807, 2.05) is 7.11 Å². The van der Waals surface area contributed by atoms with Gasteiger partial charge in [0.1, 0.15) is 5.75 Å². The average molecular weight is 344 g/mol. The third kappa shape index (κ3) is 4.02. The van der Waals surface area contributed by atoms with Crippen molar-refractivity contribution in [1.29, 1.82) is 0 Å². The van der Waals surface area contributed by atoms with Crippen LogP contribution in [0, 0.1) is 0 Å². The van der Waals surface area contributed by atoms with Gasteiger partial charge in [-0.25, -0.2) is 0 Å². The molecule has 2 saturated heterocycles. The fraction of sp³-hybridized carbons (Fsp3) is 0.714. The van der Waals surface area contributed by atoms with Gasteiger partial charge in [0, 0.05) is 37.8 Å². The van der Waals surface area contributed by atoms with Gasteiger partial charge in [0.2, 0.25) is 0 Å². The molecular formula is C21H32N2O2. The number of hydrogen-bond acceptors (Lipinski definition) is 4. The Labute approximate surface area is 152 Å². The highest BCUT2D eigenvalue weighted by atomic mass is 16.5.